The van der Waals surface area contributed by atoms with Gasteiger partial charge in [-0.3, -0.25) is 9.59 Å². The van der Waals surface area contributed by atoms with E-state index in [2.05, 4.69) is 0 Å². The zero-order chi connectivity index (χ0) is 23.7. The van der Waals surface area contributed by atoms with Crippen LogP contribution < -0.4 is 18.9 Å². The fourth-order valence-electron chi connectivity index (χ4n) is 4.05. The van der Waals surface area contributed by atoms with Gasteiger partial charge in [-0.25, -0.2) is 0 Å². The number of phenolic OH excluding ortho intramolecular Hbond substituents is 1. The van der Waals surface area contributed by atoms with Gasteiger partial charge in [0.2, 0.25) is 5.75 Å². The van der Waals surface area contributed by atoms with E-state index in [0.29, 0.717) is 39.0 Å². The van der Waals surface area contributed by atoms with E-state index in [1.54, 1.807) is 36.4 Å². The topological polar surface area (TPSA) is 91.3 Å². The van der Waals surface area contributed by atoms with Crippen molar-refractivity contribution in [2.75, 3.05) is 21.3 Å². The minimum Gasteiger partial charge on any atom is -0.507 e. The maximum absolute atomic E-state index is 13.1. The summed E-state index contributed by atoms with van der Waals surface area (Å²) in [5.41, 5.74) is 1.35. The van der Waals surface area contributed by atoms with Crippen LogP contribution in [-0.2, 0) is 4.79 Å². The number of ketones is 1. The average molecular weight is 469 g/mol. The summed E-state index contributed by atoms with van der Waals surface area (Å²) in [6.45, 7) is 0. The van der Waals surface area contributed by atoms with Crippen LogP contribution in [0.4, 0.5) is 0 Å². The Bertz CT molecular complexity index is 1230. The monoisotopic (exact) mass is 468 g/mol. The second-order valence-corrected chi connectivity index (χ2v) is 7.80. The fourth-order valence-corrected chi connectivity index (χ4v) is 4.18. The van der Waals surface area contributed by atoms with Crippen LogP contribution in [-0.4, -0.2) is 38.2 Å². The van der Waals surface area contributed by atoms with Gasteiger partial charge in [0.25, 0.3) is 0 Å². The standard InChI is InChI=1S/C25H21ClO7/c1-30-19-11-8-15(24(31-2)25(19)32-3)17-12-20(27)33-18-10-9-16(23(29)21(17)18)22(28)13-4-6-14(26)7-5-13/h4-11,17,29H,12H2,1-3H3/t17-/m0/s1. The van der Waals surface area contributed by atoms with Gasteiger partial charge in [-0.15, -0.1) is 0 Å². The first-order valence-electron chi connectivity index (χ1n) is 10.0. The minimum atomic E-state index is -0.644. The van der Waals surface area contributed by atoms with Gasteiger partial charge in [0.05, 0.1) is 33.3 Å². The van der Waals surface area contributed by atoms with Crippen molar-refractivity contribution in [1.29, 1.82) is 0 Å². The van der Waals surface area contributed by atoms with Crippen molar-refractivity contribution in [3.05, 3.63) is 75.8 Å². The average Bonchev–Trinajstić information content (AvgIpc) is 2.82. The molecule has 0 aliphatic carbocycles. The summed E-state index contributed by atoms with van der Waals surface area (Å²) in [6, 6.07) is 12.7. The Labute approximate surface area is 195 Å². The zero-order valence-corrected chi connectivity index (χ0v) is 18.9. The highest BCUT2D eigenvalue weighted by Gasteiger charge is 2.36. The second kappa shape index (κ2) is 9.03. The Kier molecular flexibility index (Phi) is 6.16. The van der Waals surface area contributed by atoms with Crippen LogP contribution >= 0.6 is 11.6 Å². The number of rotatable bonds is 6. The molecule has 3 aromatic carbocycles. The maximum Gasteiger partial charge on any atom is 0.312 e. The molecule has 1 N–H and O–H groups in total. The molecule has 8 heteroatoms. The molecule has 0 spiro atoms. The number of carbonyl (C=O) groups excluding carboxylic acids is 2. The van der Waals surface area contributed by atoms with Gasteiger partial charge in [0.15, 0.2) is 17.3 Å². The van der Waals surface area contributed by atoms with Crippen LogP contribution in [0.5, 0.6) is 28.7 Å². The van der Waals surface area contributed by atoms with Crippen molar-refractivity contribution >= 4 is 23.4 Å². The smallest absolute Gasteiger partial charge is 0.312 e. The van der Waals surface area contributed by atoms with Gasteiger partial charge in [-0.05, 0) is 42.5 Å². The molecule has 4 rings (SSSR count). The fraction of sp³-hybridized carbons (Fsp3) is 0.200. The van der Waals surface area contributed by atoms with Crippen LogP contribution in [0.15, 0.2) is 48.5 Å². The highest BCUT2D eigenvalue weighted by atomic mass is 35.5. The van der Waals surface area contributed by atoms with Crippen LogP contribution in [0.3, 0.4) is 0 Å². The summed E-state index contributed by atoms with van der Waals surface area (Å²) >= 11 is 5.92. The van der Waals surface area contributed by atoms with Crippen LogP contribution in [0.25, 0.3) is 0 Å². The molecule has 3 aromatic rings. The highest BCUT2D eigenvalue weighted by molar-refractivity contribution is 6.30. The lowest BCUT2D eigenvalue weighted by Gasteiger charge is -2.28. The van der Waals surface area contributed by atoms with Gasteiger partial charge in [0, 0.05) is 27.6 Å². The lowest BCUT2D eigenvalue weighted by atomic mass is 9.83. The summed E-state index contributed by atoms with van der Waals surface area (Å²) in [5.74, 6) is -0.425. The Balaban J connectivity index is 1.88. The number of ether oxygens (including phenoxy) is 4. The van der Waals surface area contributed by atoms with Crippen molar-refractivity contribution in [3.8, 4) is 28.7 Å². The van der Waals surface area contributed by atoms with Gasteiger partial charge >= 0.3 is 5.97 Å². The summed E-state index contributed by atoms with van der Waals surface area (Å²) in [5, 5.41) is 11.7. The van der Waals surface area contributed by atoms with Crippen LogP contribution in [0.1, 0.15) is 39.4 Å². The van der Waals surface area contributed by atoms with E-state index in [0.717, 1.165) is 0 Å². The molecule has 7 nitrogen and oxygen atoms in total. The van der Waals surface area contributed by atoms with Crippen LogP contribution in [0, 0.1) is 0 Å². The third-order valence-corrected chi connectivity index (χ3v) is 5.83. The Morgan fingerprint density at radius 1 is 0.970 bits per heavy atom. The molecule has 33 heavy (non-hydrogen) atoms. The molecule has 0 saturated carbocycles. The minimum absolute atomic E-state index is 0.0645. The predicted molar refractivity (Wildman–Crippen MR) is 121 cm³/mol. The van der Waals surface area contributed by atoms with E-state index in [9.17, 15) is 14.7 Å². The second-order valence-electron chi connectivity index (χ2n) is 7.36. The maximum atomic E-state index is 13.1. The number of fused-ring (bicyclic) bond motifs is 1. The Morgan fingerprint density at radius 2 is 1.67 bits per heavy atom. The van der Waals surface area contributed by atoms with Gasteiger partial charge in [0.1, 0.15) is 11.5 Å². The molecule has 0 bridgehead atoms. The Hall–Kier alpha value is -3.71. The van der Waals surface area contributed by atoms with E-state index in [1.807, 2.05) is 0 Å². The number of esters is 1. The molecule has 1 heterocycles. The summed E-state index contributed by atoms with van der Waals surface area (Å²) in [6.07, 6.45) is -0.0645. The summed E-state index contributed by atoms with van der Waals surface area (Å²) in [4.78, 5) is 25.5. The van der Waals surface area contributed by atoms with Crippen molar-refractivity contribution in [3.63, 3.8) is 0 Å². The molecular formula is C25H21ClO7. The van der Waals surface area contributed by atoms with Crippen molar-refractivity contribution < 1.29 is 33.6 Å². The molecule has 0 radical (unpaired) electrons. The third kappa shape index (κ3) is 3.96. The molecule has 0 saturated heterocycles. The van der Waals surface area contributed by atoms with E-state index in [1.165, 1.54) is 33.5 Å². The third-order valence-electron chi connectivity index (χ3n) is 5.58. The zero-order valence-electron chi connectivity index (χ0n) is 18.2. The van der Waals surface area contributed by atoms with Crippen LogP contribution in [0.2, 0.25) is 5.02 Å². The highest BCUT2D eigenvalue weighted by Crippen LogP contribution is 2.51. The number of hydrogen-bond acceptors (Lipinski definition) is 7. The molecule has 0 aromatic heterocycles. The normalized spacial score (nSPS) is 14.8. The largest absolute Gasteiger partial charge is 0.507 e. The van der Waals surface area contributed by atoms with E-state index in [4.69, 9.17) is 30.5 Å². The molecule has 1 aliphatic rings. The van der Waals surface area contributed by atoms with Gasteiger partial charge in [-0.1, -0.05) is 17.7 Å². The number of carbonyl (C=O) groups is 2. The van der Waals surface area contributed by atoms with Gasteiger partial charge in [-0.2, -0.15) is 0 Å². The Morgan fingerprint density at radius 3 is 2.30 bits per heavy atom. The molecule has 170 valence electrons. The van der Waals surface area contributed by atoms with E-state index >= 15 is 0 Å². The molecule has 1 atom stereocenters. The summed E-state index contributed by atoms with van der Waals surface area (Å²) < 4.78 is 21.8. The van der Waals surface area contributed by atoms with Gasteiger partial charge < -0.3 is 24.1 Å². The number of benzene rings is 3. The first kappa shape index (κ1) is 22.5. The summed E-state index contributed by atoms with van der Waals surface area (Å²) in [7, 11) is 4.46. The first-order valence-corrected chi connectivity index (χ1v) is 10.4. The molecular weight excluding hydrogens is 448 g/mol. The van der Waals surface area contributed by atoms with Crippen molar-refractivity contribution in [1.82, 2.24) is 0 Å². The lowest BCUT2D eigenvalue weighted by Crippen LogP contribution is -2.22. The molecule has 0 amide bonds. The lowest BCUT2D eigenvalue weighted by molar-refractivity contribution is -0.135. The van der Waals surface area contributed by atoms with Crippen molar-refractivity contribution in [2.24, 2.45) is 0 Å². The van der Waals surface area contributed by atoms with E-state index in [-0.39, 0.29) is 29.3 Å². The SMILES string of the molecule is COc1ccc([C@@H]2CC(=O)Oc3ccc(C(=O)c4ccc(Cl)cc4)c(O)c32)c(OC)c1OC. The number of aromatic hydroxyl groups is 1. The number of halogens is 1. The quantitative estimate of drug-likeness (QED) is 0.317. The number of phenols is 1. The molecule has 0 fully saturated rings. The molecule has 1 aliphatic heterocycles. The first-order chi connectivity index (χ1) is 15.9. The van der Waals surface area contributed by atoms with E-state index < -0.39 is 11.9 Å². The molecule has 0 unspecified atom stereocenters. The number of methoxy groups -OCH3 is 3. The van der Waals surface area contributed by atoms with Crippen molar-refractivity contribution in [2.45, 2.75) is 12.3 Å². The number of hydrogen-bond donors (Lipinski definition) is 1. The predicted octanol–water partition coefficient (Wildman–Crippen LogP) is 4.74.